The third-order valence-electron chi connectivity index (χ3n) is 3.94. The third kappa shape index (κ3) is 41.2. The van der Waals surface area contributed by atoms with E-state index in [1.165, 1.54) is 82.0 Å². The van der Waals surface area contributed by atoms with Crippen LogP contribution < -0.4 is 29.6 Å². The molecular weight excluding hydrogens is 421 g/mol. The van der Waals surface area contributed by atoms with Crippen LogP contribution in [0.15, 0.2) is 0 Å². The summed E-state index contributed by atoms with van der Waals surface area (Å²) in [6.45, 7) is 15.0. The molecule has 0 radical (unpaired) electrons. The van der Waals surface area contributed by atoms with Gasteiger partial charge in [-0.25, -0.2) is 16.8 Å². The summed E-state index contributed by atoms with van der Waals surface area (Å²) in [4.78, 5) is 0. The van der Waals surface area contributed by atoms with E-state index in [2.05, 4.69) is 27.7 Å². The molecule has 0 aliphatic rings. The number of hydrogen-bond donors (Lipinski definition) is 2. The zero-order chi connectivity index (χ0) is 22.0. The predicted molar refractivity (Wildman–Crippen MR) is 104 cm³/mol. The molecule has 0 fully saturated rings. The smallest absolute Gasteiger partial charge is 0.726 e. The topological polar surface area (TPSA) is 155 Å². The molecule has 0 aliphatic carbocycles. The van der Waals surface area contributed by atoms with Crippen molar-refractivity contribution in [3.05, 3.63) is 0 Å². The summed E-state index contributed by atoms with van der Waals surface area (Å²) in [5, 5.41) is 0. The maximum absolute atomic E-state index is 8.63. The molecule has 0 unspecified atom stereocenters. The average Bonchev–Trinajstić information content (AvgIpc) is 2.50. The molecule has 168 valence electrons. The van der Waals surface area contributed by atoms with E-state index in [4.69, 9.17) is 35.0 Å². The van der Waals surface area contributed by atoms with Crippen molar-refractivity contribution in [2.24, 2.45) is 0 Å². The summed E-state index contributed by atoms with van der Waals surface area (Å²) in [7, 11) is -9.83. The maximum atomic E-state index is 8.63. The van der Waals surface area contributed by atoms with E-state index < -0.39 is 20.8 Å². The Morgan fingerprint density at radius 3 is 0.857 bits per heavy atom. The molecule has 0 saturated carbocycles. The van der Waals surface area contributed by atoms with Gasteiger partial charge in [-0.2, -0.15) is 0 Å². The minimum absolute atomic E-state index is 0. The second kappa shape index (κ2) is 21.0. The van der Waals surface area contributed by atoms with E-state index in [0.717, 1.165) is 0 Å². The predicted octanol–water partition coefficient (Wildman–Crippen LogP) is 0.0168. The first-order valence-electron chi connectivity index (χ1n) is 9.46. The van der Waals surface area contributed by atoms with Crippen LogP contribution in [0.4, 0.5) is 0 Å². The number of quaternary nitrogens is 1. The third-order valence-corrected chi connectivity index (χ3v) is 3.94. The molecule has 0 aromatic rings. The molecule has 0 spiro atoms. The molecule has 0 aromatic heterocycles. The van der Waals surface area contributed by atoms with Crippen LogP contribution in [0.2, 0.25) is 0 Å². The Hall–Kier alpha value is 0.700. The first-order valence-corrected chi connectivity index (χ1v) is 12.2. The SMILES string of the molecule is CCCC[N+](CCCC)(CCCC)CCCC.O=S(=O)([O-])O.O=S(=O)([O-])O.[Na+]. The summed E-state index contributed by atoms with van der Waals surface area (Å²) in [5.74, 6) is 0. The van der Waals surface area contributed by atoms with Gasteiger partial charge in [-0.3, -0.25) is 9.11 Å². The number of rotatable bonds is 12. The van der Waals surface area contributed by atoms with Gasteiger partial charge in [-0.05, 0) is 25.7 Å². The quantitative estimate of drug-likeness (QED) is 0.179. The normalized spacial score (nSPS) is 11.4. The van der Waals surface area contributed by atoms with Gasteiger partial charge in [-0.15, -0.1) is 0 Å². The van der Waals surface area contributed by atoms with Crippen molar-refractivity contribution in [1.29, 1.82) is 0 Å². The summed E-state index contributed by atoms with van der Waals surface area (Å²) < 4.78 is 67.1. The molecule has 0 atom stereocenters. The molecule has 28 heavy (non-hydrogen) atoms. The minimum atomic E-state index is -4.92. The van der Waals surface area contributed by atoms with Crippen LogP contribution in [0.1, 0.15) is 79.1 Å². The molecule has 0 bridgehead atoms. The van der Waals surface area contributed by atoms with Crippen LogP contribution in [0.5, 0.6) is 0 Å². The first kappa shape index (κ1) is 36.1. The van der Waals surface area contributed by atoms with E-state index in [1.54, 1.807) is 0 Å². The molecule has 2 N–H and O–H groups in total. The van der Waals surface area contributed by atoms with Crippen molar-refractivity contribution in [2.45, 2.75) is 79.1 Å². The van der Waals surface area contributed by atoms with E-state index in [1.807, 2.05) is 0 Å². The number of unbranched alkanes of at least 4 members (excludes halogenated alkanes) is 4. The van der Waals surface area contributed by atoms with Crippen molar-refractivity contribution >= 4 is 20.8 Å². The average molecular weight is 460 g/mol. The Kier molecular flexibility index (Phi) is 27.0. The van der Waals surface area contributed by atoms with Crippen LogP contribution in [-0.2, 0) is 20.8 Å². The van der Waals surface area contributed by atoms with Gasteiger partial charge >= 0.3 is 29.6 Å². The van der Waals surface area contributed by atoms with Crippen molar-refractivity contribution in [1.82, 2.24) is 0 Å². The van der Waals surface area contributed by atoms with Crippen molar-refractivity contribution < 1.29 is 69.1 Å². The molecule has 0 rings (SSSR count). The number of nitrogens with zero attached hydrogens (tertiary/aromatic N) is 1. The van der Waals surface area contributed by atoms with Crippen LogP contribution in [0, 0.1) is 0 Å². The van der Waals surface area contributed by atoms with Crippen molar-refractivity contribution in [3.8, 4) is 0 Å². The zero-order valence-corrected chi connectivity index (χ0v) is 21.7. The van der Waals surface area contributed by atoms with Crippen LogP contribution >= 0.6 is 0 Å². The summed E-state index contributed by atoms with van der Waals surface area (Å²) in [6.07, 6.45) is 11.1. The van der Waals surface area contributed by atoms with Gasteiger partial charge in [0.1, 0.15) is 0 Å². The number of hydrogen-bond acceptors (Lipinski definition) is 6. The van der Waals surface area contributed by atoms with Gasteiger partial charge in [0.25, 0.3) is 0 Å². The van der Waals surface area contributed by atoms with E-state index in [9.17, 15) is 0 Å². The van der Waals surface area contributed by atoms with E-state index in [-0.39, 0.29) is 29.6 Å². The summed E-state index contributed by atoms with van der Waals surface area (Å²) in [6, 6.07) is 0. The molecule has 0 aromatic carbocycles. The van der Waals surface area contributed by atoms with Crippen LogP contribution in [0.3, 0.4) is 0 Å². The zero-order valence-electron chi connectivity index (χ0n) is 18.1. The Bertz CT molecular complexity index is 443. The summed E-state index contributed by atoms with van der Waals surface area (Å²) >= 11 is 0. The Labute approximate surface area is 194 Å². The van der Waals surface area contributed by atoms with Gasteiger partial charge in [0.15, 0.2) is 0 Å². The minimum Gasteiger partial charge on any atom is -0.726 e. The van der Waals surface area contributed by atoms with Crippen molar-refractivity contribution in [3.63, 3.8) is 0 Å². The second-order valence-electron chi connectivity index (χ2n) is 6.51. The molecule has 9 nitrogen and oxygen atoms in total. The van der Waals surface area contributed by atoms with E-state index in [0.29, 0.717) is 0 Å². The van der Waals surface area contributed by atoms with Crippen molar-refractivity contribution in [2.75, 3.05) is 26.2 Å². The summed E-state index contributed by atoms with van der Waals surface area (Å²) in [5.41, 5.74) is 0. The van der Waals surface area contributed by atoms with Crippen LogP contribution in [-0.4, -0.2) is 65.7 Å². The fraction of sp³-hybridized carbons (Fsp3) is 1.00. The van der Waals surface area contributed by atoms with Gasteiger partial charge in [0.2, 0.25) is 20.8 Å². The van der Waals surface area contributed by atoms with Gasteiger partial charge in [-0.1, -0.05) is 53.4 Å². The Morgan fingerprint density at radius 2 is 0.750 bits per heavy atom. The molecule has 12 heteroatoms. The Morgan fingerprint density at radius 1 is 0.607 bits per heavy atom. The molecule has 0 aliphatic heterocycles. The fourth-order valence-electron chi connectivity index (χ4n) is 2.64. The van der Waals surface area contributed by atoms with Gasteiger partial charge in [0, 0.05) is 0 Å². The van der Waals surface area contributed by atoms with Crippen LogP contribution in [0.25, 0.3) is 0 Å². The largest absolute Gasteiger partial charge is 1.00 e. The van der Waals surface area contributed by atoms with Gasteiger partial charge in [0.05, 0.1) is 26.2 Å². The van der Waals surface area contributed by atoms with Gasteiger partial charge < -0.3 is 13.6 Å². The fourth-order valence-corrected chi connectivity index (χ4v) is 2.64. The second-order valence-corrected chi connectivity index (χ2v) is 8.22. The molecule has 0 saturated heterocycles. The Balaban J connectivity index is -0.000000216. The standard InChI is InChI=1S/C16H36N.Na.2H2O4S/c1-5-9-13-17(14-10-6-2,15-11-7-3)16-12-8-4;;2*1-5(2,3)4/h5-16H2,1-4H3;;2*(H2,1,2,3,4)/q2*+1;;/p-2. The molecule has 0 heterocycles. The van der Waals surface area contributed by atoms with E-state index >= 15 is 0 Å². The maximum Gasteiger partial charge on any atom is 1.00 e. The molecule has 0 amide bonds. The monoisotopic (exact) mass is 459 g/mol. The molecular formula is C16H38NNaO8S2. The first-order chi connectivity index (χ1) is 12.2.